The quantitative estimate of drug-likeness (QED) is 0.410. The molecule has 1 heterocycles. The van der Waals surface area contributed by atoms with Crippen molar-refractivity contribution in [1.82, 2.24) is 4.90 Å². The van der Waals surface area contributed by atoms with Crippen molar-refractivity contribution in [2.75, 3.05) is 32.8 Å². The van der Waals surface area contributed by atoms with Crippen LogP contribution in [0, 0.1) is 0 Å². The number of nitrogens with zero attached hydrogens (tertiary/aromatic N) is 1. The molecule has 1 aliphatic heterocycles. The molecule has 0 aromatic heterocycles. The van der Waals surface area contributed by atoms with Gasteiger partial charge in [-0.1, -0.05) is 67.9 Å². The average Bonchev–Trinajstić information content (AvgIpc) is 2.82. The SMILES string of the molecule is CCN(CC)CCOc1ccc(C2c3ccccc3OCC2c2ccc(Cl)cc2)cc1. The van der Waals surface area contributed by atoms with Gasteiger partial charge in [0, 0.05) is 29.0 Å². The summed E-state index contributed by atoms with van der Waals surface area (Å²) >= 11 is 6.13. The molecule has 0 saturated heterocycles. The molecule has 0 amide bonds. The fraction of sp³-hybridized carbons (Fsp3) is 0.333. The normalized spacial score (nSPS) is 17.8. The smallest absolute Gasteiger partial charge is 0.123 e. The Morgan fingerprint density at radius 2 is 1.58 bits per heavy atom. The summed E-state index contributed by atoms with van der Waals surface area (Å²) in [6, 6.07) is 25.1. The highest BCUT2D eigenvalue weighted by Gasteiger charge is 2.33. The molecule has 0 N–H and O–H groups in total. The number of hydrogen-bond acceptors (Lipinski definition) is 3. The molecule has 3 nitrogen and oxygen atoms in total. The average molecular weight is 436 g/mol. The second-order valence-corrected chi connectivity index (χ2v) is 8.37. The van der Waals surface area contributed by atoms with Crippen molar-refractivity contribution in [2.45, 2.75) is 25.7 Å². The Morgan fingerprint density at radius 3 is 2.29 bits per heavy atom. The van der Waals surface area contributed by atoms with Gasteiger partial charge in [0.2, 0.25) is 0 Å². The minimum atomic E-state index is 0.218. The van der Waals surface area contributed by atoms with Crippen LogP contribution < -0.4 is 9.47 Å². The van der Waals surface area contributed by atoms with Crippen LogP contribution in [0.3, 0.4) is 0 Å². The first-order valence-corrected chi connectivity index (χ1v) is 11.5. The Labute approximate surface area is 190 Å². The number of hydrogen-bond donors (Lipinski definition) is 0. The fourth-order valence-electron chi connectivity index (χ4n) is 4.38. The Balaban J connectivity index is 1.57. The summed E-state index contributed by atoms with van der Waals surface area (Å²) in [6.45, 7) is 8.75. The summed E-state index contributed by atoms with van der Waals surface area (Å²) in [7, 11) is 0. The first kappa shape index (κ1) is 21.7. The maximum absolute atomic E-state index is 6.13. The number of fused-ring (bicyclic) bond motifs is 1. The summed E-state index contributed by atoms with van der Waals surface area (Å²) in [4.78, 5) is 2.37. The number of likely N-dealkylation sites (N-methyl/N-ethyl adjacent to an activating group) is 1. The number of benzene rings is 3. The monoisotopic (exact) mass is 435 g/mol. The summed E-state index contributed by atoms with van der Waals surface area (Å²) in [5.74, 6) is 2.33. The lowest BCUT2D eigenvalue weighted by atomic mass is 9.76. The van der Waals surface area contributed by atoms with E-state index in [1.54, 1.807) is 0 Å². The largest absolute Gasteiger partial charge is 0.493 e. The lowest BCUT2D eigenvalue weighted by molar-refractivity contribution is 0.222. The zero-order valence-electron chi connectivity index (χ0n) is 18.3. The molecule has 3 aromatic carbocycles. The van der Waals surface area contributed by atoms with Gasteiger partial charge in [-0.05, 0) is 54.5 Å². The van der Waals surface area contributed by atoms with E-state index < -0.39 is 0 Å². The highest BCUT2D eigenvalue weighted by molar-refractivity contribution is 6.30. The molecule has 4 rings (SSSR count). The second-order valence-electron chi connectivity index (χ2n) is 7.93. The molecule has 0 bridgehead atoms. The molecular weight excluding hydrogens is 406 g/mol. The third kappa shape index (κ3) is 5.06. The second kappa shape index (κ2) is 10.2. The van der Waals surface area contributed by atoms with Crippen LogP contribution in [-0.4, -0.2) is 37.7 Å². The summed E-state index contributed by atoms with van der Waals surface area (Å²) in [5.41, 5.74) is 3.74. The Hall–Kier alpha value is -2.49. The maximum Gasteiger partial charge on any atom is 0.123 e. The van der Waals surface area contributed by atoms with Crippen molar-refractivity contribution >= 4 is 11.6 Å². The van der Waals surface area contributed by atoms with E-state index in [1.165, 1.54) is 16.7 Å². The molecule has 2 atom stereocenters. The molecule has 0 saturated carbocycles. The van der Waals surface area contributed by atoms with Crippen molar-refractivity contribution < 1.29 is 9.47 Å². The van der Waals surface area contributed by atoms with Crippen LogP contribution >= 0.6 is 11.6 Å². The molecule has 0 radical (unpaired) electrons. The molecule has 2 unspecified atom stereocenters. The van der Waals surface area contributed by atoms with Gasteiger partial charge in [-0.25, -0.2) is 0 Å². The summed E-state index contributed by atoms with van der Waals surface area (Å²) in [6.07, 6.45) is 0. The van der Waals surface area contributed by atoms with Crippen LogP contribution in [0.1, 0.15) is 42.4 Å². The van der Waals surface area contributed by atoms with Gasteiger partial charge in [-0.15, -0.1) is 0 Å². The number of halogens is 1. The molecule has 31 heavy (non-hydrogen) atoms. The lowest BCUT2D eigenvalue weighted by Crippen LogP contribution is -2.27. The van der Waals surface area contributed by atoms with Gasteiger partial charge in [0.1, 0.15) is 18.1 Å². The molecular formula is C27H30ClNO2. The van der Waals surface area contributed by atoms with E-state index in [0.717, 1.165) is 36.2 Å². The van der Waals surface area contributed by atoms with E-state index in [2.05, 4.69) is 73.3 Å². The molecule has 0 aliphatic carbocycles. The Bertz CT molecular complexity index is 967. The number of rotatable bonds is 8. The highest BCUT2D eigenvalue weighted by atomic mass is 35.5. The zero-order chi connectivity index (χ0) is 21.6. The Kier molecular flexibility index (Phi) is 7.16. The molecule has 0 spiro atoms. The Morgan fingerprint density at radius 1 is 0.903 bits per heavy atom. The molecule has 1 aliphatic rings. The number of para-hydroxylation sites is 1. The lowest BCUT2D eigenvalue weighted by Gasteiger charge is -2.34. The third-order valence-corrected chi connectivity index (χ3v) is 6.43. The van der Waals surface area contributed by atoms with Gasteiger partial charge in [0.15, 0.2) is 0 Å². The zero-order valence-corrected chi connectivity index (χ0v) is 19.0. The summed E-state index contributed by atoms with van der Waals surface area (Å²) in [5, 5.41) is 0.753. The molecule has 162 valence electrons. The van der Waals surface area contributed by atoms with Crippen LogP contribution in [0.4, 0.5) is 0 Å². The first-order chi connectivity index (χ1) is 15.2. The topological polar surface area (TPSA) is 21.7 Å². The van der Waals surface area contributed by atoms with E-state index in [9.17, 15) is 0 Å². The van der Waals surface area contributed by atoms with E-state index in [-0.39, 0.29) is 11.8 Å². The van der Waals surface area contributed by atoms with Crippen LogP contribution in [-0.2, 0) is 0 Å². The van der Waals surface area contributed by atoms with Crippen molar-refractivity contribution in [3.63, 3.8) is 0 Å². The van der Waals surface area contributed by atoms with E-state index in [0.29, 0.717) is 13.2 Å². The van der Waals surface area contributed by atoms with Crippen molar-refractivity contribution in [1.29, 1.82) is 0 Å². The van der Waals surface area contributed by atoms with E-state index >= 15 is 0 Å². The fourth-order valence-corrected chi connectivity index (χ4v) is 4.50. The van der Waals surface area contributed by atoms with Gasteiger partial charge in [0.05, 0.1) is 6.61 Å². The van der Waals surface area contributed by atoms with Gasteiger partial charge in [0.25, 0.3) is 0 Å². The first-order valence-electron chi connectivity index (χ1n) is 11.1. The standard InChI is InChI=1S/C27H30ClNO2/c1-3-29(4-2)17-18-30-23-15-11-21(12-16-23)27-24-7-5-6-8-26(24)31-19-25(27)20-9-13-22(28)14-10-20/h5-16,25,27H,3-4,17-19H2,1-2H3. The molecule has 0 fully saturated rings. The number of ether oxygens (including phenoxy) is 2. The van der Waals surface area contributed by atoms with Crippen LogP contribution in [0.2, 0.25) is 5.02 Å². The van der Waals surface area contributed by atoms with Gasteiger partial charge in [-0.2, -0.15) is 0 Å². The van der Waals surface area contributed by atoms with Crippen molar-refractivity contribution in [3.05, 3.63) is 94.5 Å². The predicted octanol–water partition coefficient (Wildman–Crippen LogP) is 6.37. The maximum atomic E-state index is 6.13. The predicted molar refractivity (Wildman–Crippen MR) is 128 cm³/mol. The van der Waals surface area contributed by atoms with Crippen LogP contribution in [0.25, 0.3) is 0 Å². The minimum absolute atomic E-state index is 0.218. The van der Waals surface area contributed by atoms with Crippen molar-refractivity contribution in [3.8, 4) is 11.5 Å². The van der Waals surface area contributed by atoms with E-state index in [1.807, 2.05) is 18.2 Å². The van der Waals surface area contributed by atoms with Gasteiger partial charge < -0.3 is 14.4 Å². The third-order valence-electron chi connectivity index (χ3n) is 6.18. The van der Waals surface area contributed by atoms with E-state index in [4.69, 9.17) is 21.1 Å². The van der Waals surface area contributed by atoms with Crippen LogP contribution in [0.5, 0.6) is 11.5 Å². The van der Waals surface area contributed by atoms with Crippen LogP contribution in [0.15, 0.2) is 72.8 Å². The minimum Gasteiger partial charge on any atom is -0.493 e. The van der Waals surface area contributed by atoms with Crippen molar-refractivity contribution in [2.24, 2.45) is 0 Å². The molecule has 4 heteroatoms. The summed E-state index contributed by atoms with van der Waals surface area (Å²) < 4.78 is 12.1. The molecule has 3 aromatic rings. The van der Waals surface area contributed by atoms with Gasteiger partial charge >= 0.3 is 0 Å². The highest BCUT2D eigenvalue weighted by Crippen LogP contribution is 2.46. The van der Waals surface area contributed by atoms with Gasteiger partial charge in [-0.3, -0.25) is 0 Å².